The van der Waals surface area contributed by atoms with E-state index in [2.05, 4.69) is 9.82 Å². The Morgan fingerprint density at radius 3 is 2.94 bits per heavy atom. The molecule has 0 aromatic carbocycles. The van der Waals surface area contributed by atoms with Gasteiger partial charge < -0.3 is 10.5 Å². The van der Waals surface area contributed by atoms with Crippen LogP contribution in [0.1, 0.15) is 12.8 Å². The monoisotopic (exact) mass is 276 g/mol. The molecular weight excluding hydrogens is 256 g/mol. The molecule has 1 heterocycles. The summed E-state index contributed by atoms with van der Waals surface area (Å²) in [6.45, 7) is 2.05. The molecule has 0 spiro atoms. The van der Waals surface area contributed by atoms with E-state index in [1.54, 1.807) is 11.8 Å². The first-order chi connectivity index (χ1) is 8.60. The second-order valence-electron chi connectivity index (χ2n) is 3.83. The fraction of sp³-hybridized carbons (Fsp3) is 0.700. The third kappa shape index (κ3) is 4.73. The number of methoxy groups -OCH3 is 1. The Kier molecular flexibility index (Phi) is 6.27. The van der Waals surface area contributed by atoms with Gasteiger partial charge in [-0.15, -0.1) is 0 Å². The lowest BCUT2D eigenvalue weighted by Crippen LogP contribution is -2.25. The molecule has 0 atom stereocenters. The maximum atomic E-state index is 11.9. The zero-order chi connectivity index (χ0) is 13.4. The van der Waals surface area contributed by atoms with Crippen molar-refractivity contribution in [1.82, 2.24) is 14.5 Å². The van der Waals surface area contributed by atoms with Crippen LogP contribution >= 0.6 is 0 Å². The van der Waals surface area contributed by atoms with Gasteiger partial charge in [0, 0.05) is 33.0 Å². The summed E-state index contributed by atoms with van der Waals surface area (Å²) in [5.41, 5.74) is 5.38. The maximum Gasteiger partial charge on any atom is 0.243 e. The number of rotatable bonds is 9. The van der Waals surface area contributed by atoms with Crippen LogP contribution < -0.4 is 10.5 Å². The fourth-order valence-electron chi connectivity index (χ4n) is 1.37. The lowest BCUT2D eigenvalue weighted by Gasteiger charge is -2.03. The van der Waals surface area contributed by atoms with Gasteiger partial charge in [-0.05, 0) is 19.4 Å². The third-order valence-corrected chi connectivity index (χ3v) is 3.74. The van der Waals surface area contributed by atoms with E-state index < -0.39 is 10.0 Å². The largest absolute Gasteiger partial charge is 0.385 e. The summed E-state index contributed by atoms with van der Waals surface area (Å²) in [4.78, 5) is 0.178. The molecule has 0 saturated heterocycles. The van der Waals surface area contributed by atoms with Gasteiger partial charge in [0.05, 0.1) is 6.20 Å². The Balaban J connectivity index is 2.53. The van der Waals surface area contributed by atoms with Crippen LogP contribution in [-0.2, 0) is 21.3 Å². The number of hydrogen-bond donors (Lipinski definition) is 2. The molecule has 1 aromatic heterocycles. The Morgan fingerprint density at radius 2 is 2.28 bits per heavy atom. The molecule has 8 heteroatoms. The molecule has 3 N–H and O–H groups in total. The summed E-state index contributed by atoms with van der Waals surface area (Å²) in [5.74, 6) is 0. The molecule has 0 fully saturated rings. The highest BCUT2D eigenvalue weighted by Crippen LogP contribution is 2.07. The van der Waals surface area contributed by atoms with Crippen LogP contribution in [0.2, 0.25) is 0 Å². The maximum absolute atomic E-state index is 11.9. The van der Waals surface area contributed by atoms with Crippen molar-refractivity contribution in [3.8, 4) is 0 Å². The number of hydrogen-bond acceptors (Lipinski definition) is 5. The molecule has 18 heavy (non-hydrogen) atoms. The van der Waals surface area contributed by atoms with Crippen molar-refractivity contribution < 1.29 is 13.2 Å². The van der Waals surface area contributed by atoms with Crippen molar-refractivity contribution in [3.05, 3.63) is 12.4 Å². The summed E-state index contributed by atoms with van der Waals surface area (Å²) < 4.78 is 32.6. The molecule has 0 bridgehead atoms. The van der Waals surface area contributed by atoms with E-state index in [1.807, 2.05) is 0 Å². The van der Waals surface area contributed by atoms with Crippen LogP contribution in [0.4, 0.5) is 0 Å². The molecule has 1 rings (SSSR count). The average Bonchev–Trinajstić information content (AvgIpc) is 2.81. The Labute approximate surface area is 107 Å². The van der Waals surface area contributed by atoms with Gasteiger partial charge in [0.2, 0.25) is 10.0 Å². The number of nitrogens with two attached hydrogens (primary N) is 1. The lowest BCUT2D eigenvalue weighted by molar-refractivity contribution is 0.196. The van der Waals surface area contributed by atoms with Gasteiger partial charge in [-0.2, -0.15) is 5.10 Å². The summed E-state index contributed by atoms with van der Waals surface area (Å²) in [6.07, 6.45) is 4.25. The average molecular weight is 276 g/mol. The molecule has 1 aromatic rings. The van der Waals surface area contributed by atoms with Gasteiger partial charge in [0.25, 0.3) is 0 Å². The molecule has 0 amide bonds. The number of nitrogens with one attached hydrogen (secondary N) is 1. The second-order valence-corrected chi connectivity index (χ2v) is 5.59. The molecule has 0 radical (unpaired) electrons. The Hall–Kier alpha value is -0.960. The molecular formula is C10H20N4O3S. The first-order valence-corrected chi connectivity index (χ1v) is 7.29. The molecule has 0 unspecified atom stereocenters. The summed E-state index contributed by atoms with van der Waals surface area (Å²) in [7, 11) is -1.89. The van der Waals surface area contributed by atoms with E-state index in [0.29, 0.717) is 32.7 Å². The summed E-state index contributed by atoms with van der Waals surface area (Å²) in [5, 5.41) is 3.98. The van der Waals surface area contributed by atoms with Crippen LogP contribution in [0.3, 0.4) is 0 Å². The SMILES string of the molecule is COCCCNS(=O)(=O)c1cnn(CCCN)c1. The van der Waals surface area contributed by atoms with Gasteiger partial charge in [0.1, 0.15) is 4.90 Å². The second kappa shape index (κ2) is 7.47. The highest BCUT2D eigenvalue weighted by Gasteiger charge is 2.15. The van der Waals surface area contributed by atoms with Crippen molar-refractivity contribution >= 4 is 10.0 Å². The van der Waals surface area contributed by atoms with Crippen molar-refractivity contribution in [2.45, 2.75) is 24.3 Å². The zero-order valence-corrected chi connectivity index (χ0v) is 11.3. The highest BCUT2D eigenvalue weighted by molar-refractivity contribution is 7.89. The molecule has 0 saturated carbocycles. The Bertz CT molecular complexity index is 444. The van der Waals surface area contributed by atoms with E-state index in [-0.39, 0.29) is 4.90 Å². The van der Waals surface area contributed by atoms with Gasteiger partial charge in [-0.3, -0.25) is 4.68 Å². The number of nitrogens with zero attached hydrogens (tertiary/aromatic N) is 2. The molecule has 0 aliphatic rings. The number of ether oxygens (including phenoxy) is 1. The topological polar surface area (TPSA) is 99.2 Å². The van der Waals surface area contributed by atoms with Crippen molar-refractivity contribution in [2.75, 3.05) is 26.8 Å². The number of aryl methyl sites for hydroxylation is 1. The van der Waals surface area contributed by atoms with E-state index in [1.165, 1.54) is 12.4 Å². The van der Waals surface area contributed by atoms with E-state index in [9.17, 15) is 8.42 Å². The Morgan fingerprint density at radius 1 is 1.50 bits per heavy atom. The predicted octanol–water partition coefficient (Wildman–Crippen LogP) is -0.453. The predicted molar refractivity (Wildman–Crippen MR) is 67.6 cm³/mol. The third-order valence-electron chi connectivity index (χ3n) is 2.33. The first kappa shape index (κ1) is 15.1. The van der Waals surface area contributed by atoms with Gasteiger partial charge in [-0.1, -0.05) is 0 Å². The van der Waals surface area contributed by atoms with E-state index in [4.69, 9.17) is 10.5 Å². The first-order valence-electron chi connectivity index (χ1n) is 5.81. The van der Waals surface area contributed by atoms with Crippen LogP contribution in [0, 0.1) is 0 Å². The molecule has 0 aliphatic heterocycles. The van der Waals surface area contributed by atoms with Crippen molar-refractivity contribution in [3.63, 3.8) is 0 Å². The zero-order valence-electron chi connectivity index (χ0n) is 10.5. The number of aromatic nitrogens is 2. The summed E-state index contributed by atoms with van der Waals surface area (Å²) in [6, 6.07) is 0. The quantitative estimate of drug-likeness (QED) is 0.595. The molecule has 0 aliphatic carbocycles. The standard InChI is InChI=1S/C10H20N4O3S/c1-17-7-3-5-13-18(15,16)10-8-12-14(9-10)6-2-4-11/h8-9,13H,2-7,11H2,1H3. The normalized spacial score (nSPS) is 11.9. The van der Waals surface area contributed by atoms with Crippen molar-refractivity contribution in [1.29, 1.82) is 0 Å². The van der Waals surface area contributed by atoms with Gasteiger partial charge in [-0.25, -0.2) is 13.1 Å². The van der Waals surface area contributed by atoms with Crippen LogP contribution in [0.5, 0.6) is 0 Å². The van der Waals surface area contributed by atoms with Crippen LogP contribution in [0.25, 0.3) is 0 Å². The minimum absolute atomic E-state index is 0.178. The van der Waals surface area contributed by atoms with E-state index >= 15 is 0 Å². The lowest BCUT2D eigenvalue weighted by atomic mass is 10.4. The van der Waals surface area contributed by atoms with Crippen LogP contribution in [0.15, 0.2) is 17.3 Å². The minimum atomic E-state index is -3.47. The van der Waals surface area contributed by atoms with Gasteiger partial charge >= 0.3 is 0 Å². The fourth-order valence-corrected chi connectivity index (χ4v) is 2.39. The van der Waals surface area contributed by atoms with E-state index in [0.717, 1.165) is 6.42 Å². The molecule has 7 nitrogen and oxygen atoms in total. The van der Waals surface area contributed by atoms with Crippen molar-refractivity contribution in [2.24, 2.45) is 5.73 Å². The van der Waals surface area contributed by atoms with Crippen LogP contribution in [-0.4, -0.2) is 45.0 Å². The highest BCUT2D eigenvalue weighted by atomic mass is 32.2. The number of sulfonamides is 1. The smallest absolute Gasteiger partial charge is 0.243 e. The molecule has 104 valence electrons. The summed E-state index contributed by atoms with van der Waals surface area (Å²) >= 11 is 0. The van der Waals surface area contributed by atoms with Gasteiger partial charge in [0.15, 0.2) is 0 Å². The minimum Gasteiger partial charge on any atom is -0.385 e.